The first kappa shape index (κ1) is 13.3. The summed E-state index contributed by atoms with van der Waals surface area (Å²) in [7, 11) is 0. The minimum absolute atomic E-state index is 0.0322. The molecule has 0 radical (unpaired) electrons. The summed E-state index contributed by atoms with van der Waals surface area (Å²) in [5, 5.41) is 0. The first-order valence-electron chi connectivity index (χ1n) is 7.07. The number of allylic oxidation sites excluding steroid dienone is 4. The van der Waals surface area contributed by atoms with Crippen molar-refractivity contribution in [1.29, 1.82) is 0 Å². The molecule has 0 heterocycles. The van der Waals surface area contributed by atoms with E-state index in [4.69, 9.17) is 0 Å². The van der Waals surface area contributed by atoms with Crippen molar-refractivity contribution in [2.75, 3.05) is 0 Å². The smallest absolute Gasteiger partial charge is 0.299 e. The second-order valence-corrected chi connectivity index (χ2v) is 5.09. The largest absolute Gasteiger partial charge is 0.361 e. The van der Waals surface area contributed by atoms with E-state index in [1.54, 1.807) is 0 Å². The van der Waals surface area contributed by atoms with Crippen LogP contribution >= 0.6 is 0 Å². The zero-order valence-corrected chi connectivity index (χ0v) is 11.6. The molecule has 0 amide bonds. The summed E-state index contributed by atoms with van der Waals surface area (Å²) in [6.45, 7) is 0. The molecule has 0 saturated heterocycles. The van der Waals surface area contributed by atoms with E-state index < -0.39 is 0 Å². The molecular formula is C19H16N2. The van der Waals surface area contributed by atoms with Crippen LogP contribution in [0.2, 0.25) is 0 Å². The van der Waals surface area contributed by atoms with Crippen molar-refractivity contribution < 1.29 is 4.79 Å². The molecule has 0 aromatic heterocycles. The highest BCUT2D eigenvalue weighted by Gasteiger charge is 2.31. The van der Waals surface area contributed by atoms with E-state index in [9.17, 15) is 5.53 Å². The van der Waals surface area contributed by atoms with Gasteiger partial charge in [-0.25, -0.2) is 0 Å². The maximum atomic E-state index is 9.31. The number of rotatable bonds is 3. The Morgan fingerprint density at radius 3 is 1.90 bits per heavy atom. The fraction of sp³-hybridized carbons (Fsp3) is 0.105. The summed E-state index contributed by atoms with van der Waals surface area (Å²) >= 11 is 0. The zero-order chi connectivity index (χ0) is 14.5. The first-order valence-corrected chi connectivity index (χ1v) is 7.07. The van der Waals surface area contributed by atoms with E-state index in [2.05, 4.69) is 35.1 Å². The third-order valence-corrected chi connectivity index (χ3v) is 3.83. The normalized spacial score (nSPS) is 17.0. The van der Waals surface area contributed by atoms with E-state index in [0.717, 1.165) is 0 Å². The second kappa shape index (κ2) is 6.17. The maximum Gasteiger partial charge on any atom is 0.299 e. The molecule has 102 valence electrons. The van der Waals surface area contributed by atoms with E-state index >= 15 is 0 Å². The number of nitrogens with zero attached hydrogens (tertiary/aromatic N) is 2. The van der Waals surface area contributed by atoms with Crippen LogP contribution in [0, 0.1) is 5.92 Å². The molecular weight excluding hydrogens is 256 g/mol. The first-order chi connectivity index (χ1) is 10.4. The molecule has 1 atom stereocenters. The lowest BCUT2D eigenvalue weighted by molar-refractivity contribution is -0.00967. The third-order valence-electron chi connectivity index (χ3n) is 3.83. The van der Waals surface area contributed by atoms with Crippen LogP contribution in [0.1, 0.15) is 17.0 Å². The monoisotopic (exact) mass is 272 g/mol. The van der Waals surface area contributed by atoms with E-state index in [1.807, 2.05) is 54.6 Å². The molecule has 2 heteroatoms. The van der Waals surface area contributed by atoms with Gasteiger partial charge in [0, 0.05) is 12.0 Å². The van der Waals surface area contributed by atoms with Crippen LogP contribution in [0.5, 0.6) is 0 Å². The van der Waals surface area contributed by atoms with Gasteiger partial charge in [0.25, 0.3) is 5.71 Å². The SMILES string of the molecule is [N-]=[N+]=C1C=CC=CC1C(c1ccccc1)c1ccccc1. The van der Waals surface area contributed by atoms with E-state index in [0.29, 0.717) is 5.71 Å². The molecule has 1 aliphatic rings. The van der Waals surface area contributed by atoms with Crippen molar-refractivity contribution >= 4 is 5.71 Å². The molecule has 1 aliphatic carbocycles. The van der Waals surface area contributed by atoms with Crippen molar-refractivity contribution in [1.82, 2.24) is 0 Å². The standard InChI is InChI=1S/C19H16N2/c20-21-18-14-8-7-13-17(18)19(15-9-3-1-4-10-15)16-11-5-2-6-12-16/h1-14,17,19H. The summed E-state index contributed by atoms with van der Waals surface area (Å²) < 4.78 is 0. The number of benzene rings is 2. The lowest BCUT2D eigenvalue weighted by Crippen LogP contribution is -2.22. The molecule has 2 nitrogen and oxygen atoms in total. The summed E-state index contributed by atoms with van der Waals surface area (Å²) in [5.74, 6) is 0.171. The number of hydrogen-bond acceptors (Lipinski definition) is 0. The van der Waals surface area contributed by atoms with Crippen molar-refractivity contribution in [3.8, 4) is 0 Å². The predicted molar refractivity (Wildman–Crippen MR) is 85.1 cm³/mol. The van der Waals surface area contributed by atoms with Gasteiger partial charge in [-0.05, 0) is 11.1 Å². The molecule has 0 N–H and O–H groups in total. The molecule has 0 fully saturated rings. The van der Waals surface area contributed by atoms with Crippen LogP contribution in [0.25, 0.3) is 5.53 Å². The highest BCUT2D eigenvalue weighted by atomic mass is 14.9. The Morgan fingerprint density at radius 2 is 1.38 bits per heavy atom. The Balaban J connectivity index is 2.11. The fourth-order valence-corrected chi connectivity index (χ4v) is 2.86. The van der Waals surface area contributed by atoms with Crippen LogP contribution in [0.15, 0.2) is 85.0 Å². The van der Waals surface area contributed by atoms with Gasteiger partial charge < -0.3 is 5.53 Å². The topological polar surface area (TPSA) is 36.4 Å². The van der Waals surface area contributed by atoms with Crippen LogP contribution in [0.4, 0.5) is 0 Å². The van der Waals surface area contributed by atoms with Crippen LogP contribution < -0.4 is 0 Å². The Labute approximate surface area is 124 Å². The van der Waals surface area contributed by atoms with Crippen LogP contribution in [0.3, 0.4) is 0 Å². The van der Waals surface area contributed by atoms with Gasteiger partial charge in [0.1, 0.15) is 0 Å². The average Bonchev–Trinajstić information content (AvgIpc) is 2.58. The molecule has 0 aliphatic heterocycles. The minimum Gasteiger partial charge on any atom is -0.361 e. The number of hydrogen-bond donors (Lipinski definition) is 0. The van der Waals surface area contributed by atoms with Gasteiger partial charge >= 0.3 is 0 Å². The molecule has 2 aromatic rings. The Bertz CT molecular complexity index is 668. The average molecular weight is 272 g/mol. The lowest BCUT2D eigenvalue weighted by atomic mass is 9.77. The molecule has 3 rings (SSSR count). The Hall–Kier alpha value is -2.70. The van der Waals surface area contributed by atoms with Crippen LogP contribution in [-0.4, -0.2) is 10.5 Å². The van der Waals surface area contributed by atoms with Gasteiger partial charge in [-0.1, -0.05) is 78.9 Å². The summed E-state index contributed by atoms with van der Waals surface area (Å²) in [5.41, 5.74) is 12.4. The van der Waals surface area contributed by atoms with Crippen molar-refractivity contribution in [3.05, 3.63) is 102 Å². The summed E-state index contributed by atoms with van der Waals surface area (Å²) in [4.78, 5) is 3.48. The van der Waals surface area contributed by atoms with Gasteiger partial charge in [-0.2, -0.15) is 4.79 Å². The fourth-order valence-electron chi connectivity index (χ4n) is 2.86. The predicted octanol–water partition coefficient (Wildman–Crippen LogP) is 4.23. The van der Waals surface area contributed by atoms with Crippen molar-refractivity contribution in [3.63, 3.8) is 0 Å². The van der Waals surface area contributed by atoms with Gasteiger partial charge in [-0.3, -0.25) is 0 Å². The van der Waals surface area contributed by atoms with E-state index in [-0.39, 0.29) is 11.8 Å². The third kappa shape index (κ3) is 2.76. The maximum absolute atomic E-state index is 9.31. The Morgan fingerprint density at radius 1 is 0.810 bits per heavy atom. The van der Waals surface area contributed by atoms with Crippen LogP contribution in [-0.2, 0) is 0 Å². The van der Waals surface area contributed by atoms with Gasteiger partial charge in [-0.15, -0.1) is 0 Å². The summed E-state index contributed by atoms with van der Waals surface area (Å²) in [6.07, 6.45) is 7.88. The van der Waals surface area contributed by atoms with Crippen molar-refractivity contribution in [2.24, 2.45) is 5.92 Å². The quantitative estimate of drug-likeness (QED) is 0.592. The molecule has 0 bridgehead atoms. The van der Waals surface area contributed by atoms with E-state index in [1.165, 1.54) is 11.1 Å². The summed E-state index contributed by atoms with van der Waals surface area (Å²) in [6, 6.07) is 20.7. The second-order valence-electron chi connectivity index (χ2n) is 5.09. The molecule has 0 spiro atoms. The highest BCUT2D eigenvalue weighted by Crippen LogP contribution is 2.34. The highest BCUT2D eigenvalue weighted by molar-refractivity contribution is 5.96. The minimum atomic E-state index is 0.0322. The Kier molecular flexibility index (Phi) is 3.90. The van der Waals surface area contributed by atoms with Gasteiger partial charge in [0.15, 0.2) is 0 Å². The molecule has 1 unspecified atom stereocenters. The van der Waals surface area contributed by atoms with Crippen molar-refractivity contribution in [2.45, 2.75) is 5.92 Å². The lowest BCUT2D eigenvalue weighted by Gasteiger charge is -2.23. The van der Waals surface area contributed by atoms with Gasteiger partial charge in [0.2, 0.25) is 0 Å². The molecule has 0 saturated carbocycles. The molecule has 21 heavy (non-hydrogen) atoms. The molecule has 2 aromatic carbocycles. The van der Waals surface area contributed by atoms with Gasteiger partial charge in [0.05, 0.1) is 5.92 Å². The zero-order valence-electron chi connectivity index (χ0n) is 11.6.